The van der Waals surface area contributed by atoms with Crippen LogP contribution in [0.15, 0.2) is 0 Å². The first kappa shape index (κ1) is 16.0. The Morgan fingerprint density at radius 1 is 1.21 bits per heavy atom. The number of carbonyl (C=O) groups is 2. The van der Waals surface area contributed by atoms with E-state index >= 15 is 0 Å². The highest BCUT2D eigenvalue weighted by Gasteiger charge is 2.27. The summed E-state index contributed by atoms with van der Waals surface area (Å²) in [6.45, 7) is 5.72. The zero-order valence-corrected chi connectivity index (χ0v) is 12.4. The molecular weight excluding hydrogens is 242 g/mol. The SMILES string of the molecule is CC(NC(=O)CC(C)(C)CC(=O)O)C1CCCCC1. The van der Waals surface area contributed by atoms with Gasteiger partial charge in [0.05, 0.1) is 6.42 Å². The highest BCUT2D eigenvalue weighted by atomic mass is 16.4. The summed E-state index contributed by atoms with van der Waals surface area (Å²) in [4.78, 5) is 22.7. The normalized spacial score (nSPS) is 18.9. The van der Waals surface area contributed by atoms with Gasteiger partial charge < -0.3 is 10.4 Å². The molecular formula is C15H27NO3. The van der Waals surface area contributed by atoms with Crippen molar-refractivity contribution in [3.63, 3.8) is 0 Å². The Labute approximate surface area is 116 Å². The number of rotatable bonds is 6. The van der Waals surface area contributed by atoms with E-state index in [2.05, 4.69) is 12.2 Å². The van der Waals surface area contributed by atoms with Crippen LogP contribution in [0.1, 0.15) is 65.7 Å². The topological polar surface area (TPSA) is 66.4 Å². The van der Waals surface area contributed by atoms with Crippen LogP contribution in [0.25, 0.3) is 0 Å². The van der Waals surface area contributed by atoms with E-state index in [1.165, 1.54) is 32.1 Å². The number of hydrogen-bond acceptors (Lipinski definition) is 2. The molecule has 4 heteroatoms. The monoisotopic (exact) mass is 269 g/mol. The minimum absolute atomic E-state index is 0.0238. The summed E-state index contributed by atoms with van der Waals surface area (Å²) in [6.07, 6.45) is 6.52. The van der Waals surface area contributed by atoms with E-state index < -0.39 is 11.4 Å². The first-order chi connectivity index (χ1) is 8.80. The summed E-state index contributed by atoms with van der Waals surface area (Å²) in [6, 6.07) is 0.202. The van der Waals surface area contributed by atoms with Gasteiger partial charge in [-0.15, -0.1) is 0 Å². The molecule has 1 aliphatic carbocycles. The Kier molecular flexibility index (Phi) is 5.83. The zero-order valence-electron chi connectivity index (χ0n) is 12.4. The molecule has 0 radical (unpaired) electrons. The smallest absolute Gasteiger partial charge is 0.303 e. The fourth-order valence-electron chi connectivity index (χ4n) is 2.96. The Morgan fingerprint density at radius 3 is 2.32 bits per heavy atom. The quantitative estimate of drug-likeness (QED) is 0.779. The number of hydrogen-bond donors (Lipinski definition) is 2. The summed E-state index contributed by atoms with van der Waals surface area (Å²) in [5, 5.41) is 11.9. The van der Waals surface area contributed by atoms with Crippen molar-refractivity contribution in [1.29, 1.82) is 0 Å². The van der Waals surface area contributed by atoms with Gasteiger partial charge in [0, 0.05) is 12.5 Å². The number of amides is 1. The van der Waals surface area contributed by atoms with Gasteiger partial charge in [-0.2, -0.15) is 0 Å². The third-order valence-corrected chi connectivity index (χ3v) is 4.01. The van der Waals surface area contributed by atoms with Gasteiger partial charge in [-0.05, 0) is 31.1 Å². The minimum atomic E-state index is -0.849. The molecule has 0 bridgehead atoms. The van der Waals surface area contributed by atoms with Crippen molar-refractivity contribution in [2.24, 2.45) is 11.3 Å². The van der Waals surface area contributed by atoms with Crippen LogP contribution in [0.4, 0.5) is 0 Å². The average Bonchev–Trinajstić information content (AvgIpc) is 2.27. The molecule has 0 aliphatic heterocycles. The summed E-state index contributed by atoms with van der Waals surface area (Å²) in [5.41, 5.74) is -0.484. The Bertz CT molecular complexity index is 319. The molecule has 4 nitrogen and oxygen atoms in total. The first-order valence-corrected chi connectivity index (χ1v) is 7.31. The molecule has 1 fully saturated rings. The number of carboxylic acids is 1. The van der Waals surface area contributed by atoms with Crippen LogP contribution in [-0.4, -0.2) is 23.0 Å². The summed E-state index contributed by atoms with van der Waals surface area (Å²) >= 11 is 0. The van der Waals surface area contributed by atoms with E-state index in [0.717, 1.165) is 0 Å². The van der Waals surface area contributed by atoms with Crippen LogP contribution in [0.3, 0.4) is 0 Å². The van der Waals surface area contributed by atoms with Crippen molar-refractivity contribution < 1.29 is 14.7 Å². The van der Waals surface area contributed by atoms with Gasteiger partial charge in [-0.3, -0.25) is 9.59 Å². The fraction of sp³-hybridized carbons (Fsp3) is 0.867. The third-order valence-electron chi connectivity index (χ3n) is 4.01. The molecule has 0 aromatic heterocycles. The summed E-state index contributed by atoms with van der Waals surface area (Å²) in [5.74, 6) is -0.289. The van der Waals surface area contributed by atoms with E-state index in [4.69, 9.17) is 5.11 Å². The van der Waals surface area contributed by atoms with Crippen LogP contribution in [0.5, 0.6) is 0 Å². The van der Waals surface area contributed by atoms with E-state index in [-0.39, 0.29) is 24.8 Å². The molecule has 0 heterocycles. The number of carboxylic acid groups (broad SMARTS) is 1. The zero-order chi connectivity index (χ0) is 14.5. The summed E-state index contributed by atoms with van der Waals surface area (Å²) < 4.78 is 0. The second-order valence-electron chi connectivity index (χ2n) is 6.67. The molecule has 0 aromatic rings. The van der Waals surface area contributed by atoms with Crippen LogP contribution in [0.2, 0.25) is 0 Å². The van der Waals surface area contributed by atoms with Gasteiger partial charge in [0.1, 0.15) is 0 Å². The molecule has 1 saturated carbocycles. The standard InChI is InChI=1S/C15H27NO3/c1-11(12-7-5-4-6-8-12)16-13(17)9-15(2,3)10-14(18)19/h11-12H,4-10H2,1-3H3,(H,16,17)(H,18,19). The maximum atomic E-state index is 12.0. The lowest BCUT2D eigenvalue weighted by atomic mass is 9.83. The predicted molar refractivity (Wildman–Crippen MR) is 74.8 cm³/mol. The molecule has 1 amide bonds. The van der Waals surface area contributed by atoms with Crippen molar-refractivity contribution >= 4 is 11.9 Å². The number of nitrogens with one attached hydrogen (secondary N) is 1. The van der Waals surface area contributed by atoms with Gasteiger partial charge in [0.15, 0.2) is 0 Å². The highest BCUT2D eigenvalue weighted by molar-refractivity contribution is 5.78. The van der Waals surface area contributed by atoms with Crippen molar-refractivity contribution in [3.8, 4) is 0 Å². The summed E-state index contributed by atoms with van der Waals surface area (Å²) in [7, 11) is 0. The molecule has 0 spiro atoms. The Hall–Kier alpha value is -1.06. The fourth-order valence-corrected chi connectivity index (χ4v) is 2.96. The van der Waals surface area contributed by atoms with Crippen molar-refractivity contribution in [1.82, 2.24) is 5.32 Å². The number of aliphatic carboxylic acids is 1. The minimum Gasteiger partial charge on any atom is -0.481 e. The van der Waals surface area contributed by atoms with Gasteiger partial charge in [0.2, 0.25) is 5.91 Å². The molecule has 2 N–H and O–H groups in total. The third kappa shape index (κ3) is 6.08. The van der Waals surface area contributed by atoms with Gasteiger partial charge in [-0.1, -0.05) is 33.1 Å². The lowest BCUT2D eigenvalue weighted by Crippen LogP contribution is -2.40. The van der Waals surface area contributed by atoms with Crippen molar-refractivity contribution in [3.05, 3.63) is 0 Å². The Balaban J connectivity index is 2.39. The second-order valence-corrected chi connectivity index (χ2v) is 6.67. The van der Waals surface area contributed by atoms with Crippen LogP contribution in [0, 0.1) is 11.3 Å². The van der Waals surface area contributed by atoms with Crippen molar-refractivity contribution in [2.45, 2.75) is 71.8 Å². The van der Waals surface area contributed by atoms with E-state index in [0.29, 0.717) is 5.92 Å². The molecule has 0 saturated heterocycles. The molecule has 0 aromatic carbocycles. The maximum absolute atomic E-state index is 12.0. The molecule has 110 valence electrons. The van der Waals surface area contributed by atoms with Crippen LogP contribution >= 0.6 is 0 Å². The van der Waals surface area contributed by atoms with E-state index in [1.54, 1.807) is 0 Å². The van der Waals surface area contributed by atoms with Crippen molar-refractivity contribution in [2.75, 3.05) is 0 Å². The highest BCUT2D eigenvalue weighted by Crippen LogP contribution is 2.28. The van der Waals surface area contributed by atoms with E-state index in [1.807, 2.05) is 13.8 Å². The molecule has 19 heavy (non-hydrogen) atoms. The Morgan fingerprint density at radius 2 is 1.79 bits per heavy atom. The lowest BCUT2D eigenvalue weighted by Gasteiger charge is -2.29. The average molecular weight is 269 g/mol. The number of carbonyl (C=O) groups excluding carboxylic acids is 1. The molecule has 1 atom stereocenters. The van der Waals surface area contributed by atoms with Gasteiger partial charge >= 0.3 is 5.97 Å². The van der Waals surface area contributed by atoms with Crippen LogP contribution < -0.4 is 5.32 Å². The maximum Gasteiger partial charge on any atom is 0.303 e. The first-order valence-electron chi connectivity index (χ1n) is 7.31. The van der Waals surface area contributed by atoms with Gasteiger partial charge in [0.25, 0.3) is 0 Å². The van der Waals surface area contributed by atoms with Crippen LogP contribution in [-0.2, 0) is 9.59 Å². The molecule has 1 unspecified atom stereocenters. The largest absolute Gasteiger partial charge is 0.481 e. The van der Waals surface area contributed by atoms with Gasteiger partial charge in [-0.25, -0.2) is 0 Å². The second kappa shape index (κ2) is 6.92. The lowest BCUT2D eigenvalue weighted by molar-refractivity contribution is -0.139. The molecule has 1 aliphatic rings. The van der Waals surface area contributed by atoms with E-state index in [9.17, 15) is 9.59 Å². The predicted octanol–water partition coefficient (Wildman–Crippen LogP) is 2.96. The molecule has 1 rings (SSSR count).